The summed E-state index contributed by atoms with van der Waals surface area (Å²) in [5, 5.41) is 13.3. The molecule has 0 saturated carbocycles. The fraction of sp³-hybridized carbons (Fsp3) is 0.222. The van der Waals surface area contributed by atoms with E-state index in [4.69, 9.17) is 9.47 Å². The Morgan fingerprint density at radius 2 is 1.78 bits per heavy atom. The lowest BCUT2D eigenvalue weighted by molar-refractivity contribution is -0.384. The van der Waals surface area contributed by atoms with Gasteiger partial charge in [-0.25, -0.2) is 0 Å². The molecule has 2 rings (SSSR count). The van der Waals surface area contributed by atoms with Crippen LogP contribution in [0.1, 0.15) is 6.92 Å². The zero-order chi connectivity index (χ0) is 19.8. The van der Waals surface area contributed by atoms with Crippen LogP contribution in [0.5, 0.6) is 5.75 Å². The zero-order valence-corrected chi connectivity index (χ0v) is 15.5. The summed E-state index contributed by atoms with van der Waals surface area (Å²) in [6.07, 6.45) is -0.961. The molecule has 142 valence electrons. The zero-order valence-electron chi connectivity index (χ0n) is 14.7. The third kappa shape index (κ3) is 6.30. The molecule has 0 aliphatic heterocycles. The lowest BCUT2D eigenvalue weighted by atomic mass is 10.3. The maximum absolute atomic E-state index is 12.1. The third-order valence-electron chi connectivity index (χ3n) is 3.44. The van der Waals surface area contributed by atoms with Crippen LogP contribution in [0.15, 0.2) is 53.4 Å². The molecule has 0 aliphatic carbocycles. The number of esters is 1. The Morgan fingerprint density at radius 1 is 1.15 bits per heavy atom. The SMILES string of the molecule is COc1ccc(NC(=O)[C@H](C)OC(=O)CSc2ccc([N+](=O)[O-])cc2)cc1. The molecule has 0 fully saturated rings. The average molecular weight is 390 g/mol. The summed E-state index contributed by atoms with van der Waals surface area (Å²) in [5.74, 6) is -0.363. The van der Waals surface area contributed by atoms with Crippen LogP contribution in [0.25, 0.3) is 0 Å². The number of methoxy groups -OCH3 is 1. The fourth-order valence-electron chi connectivity index (χ4n) is 2.01. The number of nitrogens with zero attached hydrogens (tertiary/aromatic N) is 1. The van der Waals surface area contributed by atoms with Gasteiger partial charge in [0.15, 0.2) is 6.10 Å². The molecule has 2 aromatic rings. The van der Waals surface area contributed by atoms with Crippen molar-refractivity contribution in [2.45, 2.75) is 17.9 Å². The van der Waals surface area contributed by atoms with Crippen molar-refractivity contribution >= 4 is 35.0 Å². The molecule has 9 heteroatoms. The molecule has 0 spiro atoms. The molecule has 8 nitrogen and oxygen atoms in total. The number of amides is 1. The van der Waals surface area contributed by atoms with E-state index in [1.165, 1.54) is 30.8 Å². The van der Waals surface area contributed by atoms with Crippen molar-refractivity contribution in [3.05, 3.63) is 58.6 Å². The molecular formula is C18H18N2O6S. The molecule has 1 N–H and O–H groups in total. The third-order valence-corrected chi connectivity index (χ3v) is 4.42. The van der Waals surface area contributed by atoms with Crippen molar-refractivity contribution in [3.8, 4) is 5.75 Å². The van der Waals surface area contributed by atoms with Crippen LogP contribution in [0.3, 0.4) is 0 Å². The number of anilines is 1. The fourth-order valence-corrected chi connectivity index (χ4v) is 2.69. The van der Waals surface area contributed by atoms with E-state index in [-0.39, 0.29) is 11.4 Å². The van der Waals surface area contributed by atoms with Crippen molar-refractivity contribution < 1.29 is 24.0 Å². The van der Waals surface area contributed by atoms with Crippen LogP contribution >= 0.6 is 11.8 Å². The first-order valence-electron chi connectivity index (χ1n) is 7.90. The second kappa shape index (κ2) is 9.58. The van der Waals surface area contributed by atoms with Gasteiger partial charge in [0.25, 0.3) is 11.6 Å². The first-order valence-corrected chi connectivity index (χ1v) is 8.89. The smallest absolute Gasteiger partial charge is 0.317 e. The second-order valence-corrected chi connectivity index (χ2v) is 6.44. The van der Waals surface area contributed by atoms with E-state index in [1.807, 2.05) is 0 Å². The number of carbonyl (C=O) groups is 2. The lowest BCUT2D eigenvalue weighted by Gasteiger charge is -2.13. The van der Waals surface area contributed by atoms with Crippen molar-refractivity contribution in [1.82, 2.24) is 0 Å². The Balaban J connectivity index is 1.79. The Hall–Kier alpha value is -3.07. The van der Waals surface area contributed by atoms with Crippen LogP contribution in [-0.4, -0.2) is 35.8 Å². The minimum Gasteiger partial charge on any atom is -0.497 e. The number of thioether (sulfide) groups is 1. The highest BCUT2D eigenvalue weighted by atomic mass is 32.2. The molecule has 0 heterocycles. The van der Waals surface area contributed by atoms with E-state index >= 15 is 0 Å². The van der Waals surface area contributed by atoms with Crippen LogP contribution in [-0.2, 0) is 14.3 Å². The van der Waals surface area contributed by atoms with Crippen LogP contribution in [0, 0.1) is 10.1 Å². The maximum atomic E-state index is 12.1. The van der Waals surface area contributed by atoms with Gasteiger partial charge in [0.1, 0.15) is 5.75 Å². The van der Waals surface area contributed by atoms with Crippen molar-refractivity contribution in [1.29, 1.82) is 0 Å². The number of nitrogens with one attached hydrogen (secondary N) is 1. The maximum Gasteiger partial charge on any atom is 0.317 e. The van der Waals surface area contributed by atoms with Gasteiger partial charge in [0.05, 0.1) is 17.8 Å². The molecule has 0 aliphatic rings. The molecule has 1 atom stereocenters. The van der Waals surface area contributed by atoms with E-state index in [2.05, 4.69) is 5.32 Å². The first kappa shape index (κ1) is 20.2. The van der Waals surface area contributed by atoms with Gasteiger partial charge >= 0.3 is 5.97 Å². The predicted octanol–water partition coefficient (Wildman–Crippen LogP) is 3.27. The standard InChI is InChI=1S/C18H18N2O6S/c1-12(18(22)19-13-3-7-15(25-2)8-4-13)26-17(21)11-27-16-9-5-14(6-10-16)20(23)24/h3-10,12H,11H2,1-2H3,(H,19,22)/t12-/m0/s1. The van der Waals surface area contributed by atoms with Gasteiger partial charge < -0.3 is 14.8 Å². The van der Waals surface area contributed by atoms with E-state index < -0.39 is 22.9 Å². The highest BCUT2D eigenvalue weighted by molar-refractivity contribution is 8.00. The number of ether oxygens (including phenoxy) is 2. The number of nitro groups is 1. The van der Waals surface area contributed by atoms with Gasteiger partial charge in [-0.1, -0.05) is 0 Å². The van der Waals surface area contributed by atoms with Gasteiger partial charge in [0, 0.05) is 22.7 Å². The summed E-state index contributed by atoms with van der Waals surface area (Å²) in [6, 6.07) is 12.6. The number of hydrogen-bond acceptors (Lipinski definition) is 7. The summed E-state index contributed by atoms with van der Waals surface area (Å²) in [4.78, 5) is 34.8. The summed E-state index contributed by atoms with van der Waals surface area (Å²) >= 11 is 1.17. The molecule has 27 heavy (non-hydrogen) atoms. The largest absolute Gasteiger partial charge is 0.497 e. The van der Waals surface area contributed by atoms with E-state index in [0.29, 0.717) is 16.3 Å². The average Bonchev–Trinajstić information content (AvgIpc) is 2.67. The monoisotopic (exact) mass is 390 g/mol. The Kier molecular flexibility index (Phi) is 7.18. The lowest BCUT2D eigenvalue weighted by Crippen LogP contribution is -2.30. The Labute approximate surface area is 160 Å². The van der Waals surface area contributed by atoms with E-state index in [0.717, 1.165) is 0 Å². The van der Waals surface area contributed by atoms with Gasteiger partial charge in [-0.2, -0.15) is 0 Å². The summed E-state index contributed by atoms with van der Waals surface area (Å²) in [6.45, 7) is 1.48. The van der Waals surface area contributed by atoms with Gasteiger partial charge in [0.2, 0.25) is 0 Å². The molecule has 0 aromatic heterocycles. The van der Waals surface area contributed by atoms with Gasteiger partial charge in [-0.05, 0) is 43.3 Å². The quantitative estimate of drug-likeness (QED) is 0.319. The van der Waals surface area contributed by atoms with Crippen molar-refractivity contribution in [3.63, 3.8) is 0 Å². The highest BCUT2D eigenvalue weighted by Gasteiger charge is 2.18. The molecule has 2 aromatic carbocycles. The second-order valence-electron chi connectivity index (χ2n) is 5.39. The molecule has 0 unspecified atom stereocenters. The van der Waals surface area contributed by atoms with Gasteiger partial charge in [-0.15, -0.1) is 11.8 Å². The summed E-state index contributed by atoms with van der Waals surface area (Å²) < 4.78 is 10.1. The van der Waals surface area contributed by atoms with Crippen molar-refractivity contribution in [2.75, 3.05) is 18.2 Å². The minimum atomic E-state index is -0.961. The number of non-ortho nitro benzene ring substituents is 1. The van der Waals surface area contributed by atoms with Crippen molar-refractivity contribution in [2.24, 2.45) is 0 Å². The van der Waals surface area contributed by atoms with Crippen LogP contribution in [0.2, 0.25) is 0 Å². The van der Waals surface area contributed by atoms with E-state index in [1.54, 1.807) is 43.5 Å². The molecule has 0 bridgehead atoms. The molecule has 0 radical (unpaired) electrons. The van der Waals surface area contributed by atoms with Crippen LogP contribution in [0.4, 0.5) is 11.4 Å². The predicted molar refractivity (Wildman–Crippen MR) is 101 cm³/mol. The number of benzene rings is 2. The number of carbonyl (C=O) groups excluding carboxylic acids is 2. The number of rotatable bonds is 8. The summed E-state index contributed by atoms with van der Waals surface area (Å²) in [7, 11) is 1.55. The summed E-state index contributed by atoms with van der Waals surface area (Å²) in [5.41, 5.74) is 0.537. The molecule has 0 saturated heterocycles. The topological polar surface area (TPSA) is 108 Å². The van der Waals surface area contributed by atoms with Gasteiger partial charge in [-0.3, -0.25) is 19.7 Å². The highest BCUT2D eigenvalue weighted by Crippen LogP contribution is 2.21. The Bertz CT molecular complexity index is 808. The number of nitro benzene ring substituents is 1. The molecular weight excluding hydrogens is 372 g/mol. The van der Waals surface area contributed by atoms with Crippen LogP contribution < -0.4 is 10.1 Å². The molecule has 1 amide bonds. The normalized spacial score (nSPS) is 11.3. The Morgan fingerprint density at radius 3 is 2.33 bits per heavy atom. The number of hydrogen-bond donors (Lipinski definition) is 1. The minimum absolute atomic E-state index is 0.0159. The first-order chi connectivity index (χ1) is 12.9. The van der Waals surface area contributed by atoms with E-state index in [9.17, 15) is 19.7 Å².